The monoisotopic (exact) mass is 346 g/mol. The zero-order valence-corrected chi connectivity index (χ0v) is 13.9. The van der Waals surface area contributed by atoms with Crippen LogP contribution in [0.3, 0.4) is 0 Å². The van der Waals surface area contributed by atoms with Crippen molar-refractivity contribution in [3.05, 3.63) is 16.0 Å². The van der Waals surface area contributed by atoms with Gasteiger partial charge in [0, 0.05) is 24.8 Å². The van der Waals surface area contributed by atoms with Gasteiger partial charge in [-0.05, 0) is 67.2 Å². The van der Waals surface area contributed by atoms with Crippen molar-refractivity contribution in [1.29, 1.82) is 0 Å². The highest BCUT2D eigenvalue weighted by Crippen LogP contribution is 2.26. The van der Waals surface area contributed by atoms with E-state index in [2.05, 4.69) is 56.9 Å². The molecular weight excluding hydrogens is 328 g/mol. The molecule has 0 aromatic carbocycles. The molecule has 19 heavy (non-hydrogen) atoms. The maximum atomic E-state index is 5.80. The van der Waals surface area contributed by atoms with Crippen LogP contribution in [0.2, 0.25) is 5.28 Å². The van der Waals surface area contributed by atoms with E-state index in [1.54, 1.807) is 6.20 Å². The first kappa shape index (κ1) is 15.0. The first-order valence-corrected chi connectivity index (χ1v) is 7.70. The highest BCUT2D eigenvalue weighted by Gasteiger charge is 2.29. The Morgan fingerprint density at radius 1 is 1.53 bits per heavy atom. The van der Waals surface area contributed by atoms with Crippen LogP contribution in [0, 0.1) is 5.92 Å². The Kier molecular flexibility index (Phi) is 4.69. The largest absolute Gasteiger partial charge is 0.369 e. The van der Waals surface area contributed by atoms with Crippen LogP contribution in [0.4, 0.5) is 5.82 Å². The molecule has 1 aromatic heterocycles. The summed E-state index contributed by atoms with van der Waals surface area (Å²) in [5.74, 6) is 1.43. The third kappa shape index (κ3) is 4.04. The molecule has 1 saturated heterocycles. The van der Waals surface area contributed by atoms with Crippen molar-refractivity contribution in [2.75, 3.05) is 25.0 Å². The van der Waals surface area contributed by atoms with Crippen molar-refractivity contribution in [3.8, 4) is 0 Å². The van der Waals surface area contributed by atoms with E-state index in [1.807, 2.05) is 0 Å². The van der Waals surface area contributed by atoms with Gasteiger partial charge in [0.15, 0.2) is 0 Å². The second kappa shape index (κ2) is 5.94. The number of aromatic nitrogens is 2. The van der Waals surface area contributed by atoms with Crippen molar-refractivity contribution in [1.82, 2.24) is 14.9 Å². The van der Waals surface area contributed by atoms with Crippen molar-refractivity contribution >= 4 is 33.3 Å². The van der Waals surface area contributed by atoms with Gasteiger partial charge in [-0.15, -0.1) is 0 Å². The molecule has 0 radical (unpaired) electrons. The summed E-state index contributed by atoms with van der Waals surface area (Å²) >= 11 is 9.23. The Hall–Kier alpha value is -0.390. The summed E-state index contributed by atoms with van der Waals surface area (Å²) in [5.41, 5.74) is 0.257. The Labute approximate surface area is 128 Å². The maximum Gasteiger partial charge on any atom is 0.224 e. The minimum absolute atomic E-state index is 0.257. The molecule has 1 aliphatic heterocycles. The van der Waals surface area contributed by atoms with Crippen molar-refractivity contribution in [2.24, 2.45) is 5.92 Å². The van der Waals surface area contributed by atoms with Crippen LogP contribution >= 0.6 is 27.5 Å². The van der Waals surface area contributed by atoms with Gasteiger partial charge in [-0.1, -0.05) is 0 Å². The second-order valence-corrected chi connectivity index (χ2v) is 7.18. The predicted octanol–water partition coefficient (Wildman–Crippen LogP) is 3.42. The van der Waals surface area contributed by atoms with Gasteiger partial charge in [0.25, 0.3) is 0 Å². The molecule has 106 valence electrons. The fourth-order valence-corrected chi connectivity index (χ4v) is 2.78. The Morgan fingerprint density at radius 3 is 2.89 bits per heavy atom. The van der Waals surface area contributed by atoms with Crippen LogP contribution in [0.1, 0.15) is 27.2 Å². The van der Waals surface area contributed by atoms with Crippen molar-refractivity contribution in [3.63, 3.8) is 0 Å². The number of likely N-dealkylation sites (tertiary alicyclic amines) is 1. The van der Waals surface area contributed by atoms with E-state index in [0.29, 0.717) is 5.92 Å². The lowest BCUT2D eigenvalue weighted by molar-refractivity contribution is 0.169. The number of nitrogens with zero attached hydrogens (tertiary/aromatic N) is 3. The lowest BCUT2D eigenvalue weighted by Gasteiger charge is -2.31. The van der Waals surface area contributed by atoms with Crippen molar-refractivity contribution < 1.29 is 0 Å². The SMILES string of the molecule is CC(C)(C)N1CC[C@@H](CNc2nc(Cl)ncc2Br)C1. The summed E-state index contributed by atoms with van der Waals surface area (Å²) in [5, 5.41) is 3.63. The lowest BCUT2D eigenvalue weighted by atomic mass is 10.1. The van der Waals surface area contributed by atoms with E-state index < -0.39 is 0 Å². The van der Waals surface area contributed by atoms with Gasteiger partial charge in [0.05, 0.1) is 4.47 Å². The number of nitrogens with one attached hydrogen (secondary N) is 1. The lowest BCUT2D eigenvalue weighted by Crippen LogP contribution is -2.39. The maximum absolute atomic E-state index is 5.80. The van der Waals surface area contributed by atoms with Crippen molar-refractivity contribution in [2.45, 2.75) is 32.7 Å². The summed E-state index contributed by atoms with van der Waals surface area (Å²) in [7, 11) is 0. The van der Waals surface area contributed by atoms with Gasteiger partial charge in [0.1, 0.15) is 5.82 Å². The molecule has 0 aliphatic carbocycles. The first-order valence-electron chi connectivity index (χ1n) is 6.53. The molecule has 4 nitrogen and oxygen atoms in total. The molecule has 2 heterocycles. The molecule has 0 bridgehead atoms. The average molecular weight is 348 g/mol. The Morgan fingerprint density at radius 2 is 2.26 bits per heavy atom. The number of hydrogen-bond donors (Lipinski definition) is 1. The summed E-state index contributed by atoms with van der Waals surface area (Å²) in [6, 6.07) is 0. The van der Waals surface area contributed by atoms with Crippen LogP contribution in [0.15, 0.2) is 10.7 Å². The van der Waals surface area contributed by atoms with Crippen LogP contribution in [-0.4, -0.2) is 40.0 Å². The number of hydrogen-bond acceptors (Lipinski definition) is 4. The molecule has 0 unspecified atom stereocenters. The van der Waals surface area contributed by atoms with Gasteiger partial charge in [0.2, 0.25) is 5.28 Å². The Bertz CT molecular complexity index is 447. The predicted molar refractivity (Wildman–Crippen MR) is 82.7 cm³/mol. The molecule has 0 saturated carbocycles. The first-order chi connectivity index (χ1) is 8.86. The standard InChI is InChI=1S/C13H20BrClN4/c1-13(2,3)19-5-4-9(8-19)6-16-11-10(14)7-17-12(15)18-11/h7,9H,4-6,8H2,1-3H3,(H,16,17,18)/t9-/m0/s1. The molecule has 1 N–H and O–H groups in total. The number of rotatable bonds is 3. The third-order valence-corrected chi connectivity index (χ3v) is 4.27. The number of anilines is 1. The smallest absolute Gasteiger partial charge is 0.224 e. The summed E-state index contributed by atoms with van der Waals surface area (Å²) < 4.78 is 0.850. The van der Waals surface area contributed by atoms with Crippen LogP contribution in [-0.2, 0) is 0 Å². The summed E-state index contributed by atoms with van der Waals surface area (Å²) in [4.78, 5) is 10.6. The highest BCUT2D eigenvalue weighted by atomic mass is 79.9. The zero-order valence-electron chi connectivity index (χ0n) is 11.6. The van der Waals surface area contributed by atoms with E-state index in [0.717, 1.165) is 23.4 Å². The highest BCUT2D eigenvalue weighted by molar-refractivity contribution is 9.10. The molecule has 6 heteroatoms. The molecule has 1 atom stereocenters. The topological polar surface area (TPSA) is 41.0 Å². The van der Waals surface area contributed by atoms with E-state index in [1.165, 1.54) is 13.0 Å². The summed E-state index contributed by atoms with van der Waals surface area (Å²) in [6.07, 6.45) is 2.90. The molecule has 2 rings (SSSR count). The molecule has 1 fully saturated rings. The third-order valence-electron chi connectivity index (χ3n) is 3.51. The van der Waals surface area contributed by atoms with E-state index in [-0.39, 0.29) is 10.8 Å². The Balaban J connectivity index is 1.89. The molecule has 0 amide bonds. The van der Waals surface area contributed by atoms with Gasteiger partial charge in [-0.25, -0.2) is 4.98 Å². The minimum Gasteiger partial charge on any atom is -0.369 e. The molecule has 0 spiro atoms. The zero-order chi connectivity index (χ0) is 14.0. The molecular formula is C13H20BrClN4. The second-order valence-electron chi connectivity index (χ2n) is 5.99. The molecule has 1 aromatic rings. The van der Waals surface area contributed by atoms with Crippen LogP contribution in [0.25, 0.3) is 0 Å². The average Bonchev–Trinajstić information content (AvgIpc) is 2.79. The minimum atomic E-state index is 0.257. The van der Waals surface area contributed by atoms with Gasteiger partial charge < -0.3 is 5.32 Å². The van der Waals surface area contributed by atoms with Gasteiger partial charge >= 0.3 is 0 Å². The van der Waals surface area contributed by atoms with E-state index in [4.69, 9.17) is 11.6 Å². The van der Waals surface area contributed by atoms with E-state index in [9.17, 15) is 0 Å². The quantitative estimate of drug-likeness (QED) is 0.851. The normalized spacial score (nSPS) is 20.8. The van der Waals surface area contributed by atoms with E-state index >= 15 is 0 Å². The van der Waals surface area contributed by atoms with Gasteiger partial charge in [-0.2, -0.15) is 4.98 Å². The van der Waals surface area contributed by atoms with Crippen LogP contribution in [0.5, 0.6) is 0 Å². The summed E-state index contributed by atoms with van der Waals surface area (Å²) in [6.45, 7) is 10.0. The van der Waals surface area contributed by atoms with Crippen LogP contribution < -0.4 is 5.32 Å². The fourth-order valence-electron chi connectivity index (χ4n) is 2.32. The fraction of sp³-hybridized carbons (Fsp3) is 0.692. The number of halogens is 2. The van der Waals surface area contributed by atoms with Gasteiger partial charge in [-0.3, -0.25) is 4.90 Å². The molecule has 1 aliphatic rings.